The van der Waals surface area contributed by atoms with Crippen molar-refractivity contribution in [3.8, 4) is 0 Å². The predicted octanol–water partition coefficient (Wildman–Crippen LogP) is 7.25. The Morgan fingerprint density at radius 3 is 1.72 bits per heavy atom. The Morgan fingerprint density at radius 2 is 1.26 bits per heavy atom. The van der Waals surface area contributed by atoms with Crippen molar-refractivity contribution in [3.63, 3.8) is 0 Å². The molecule has 0 radical (unpaired) electrons. The molecule has 0 atom stereocenters. The molecule has 3 aromatic carbocycles. The van der Waals surface area contributed by atoms with Gasteiger partial charge in [-0.2, -0.15) is 8.42 Å². The van der Waals surface area contributed by atoms with Crippen LogP contribution in [0.3, 0.4) is 0 Å². The molecule has 4 nitrogen and oxygen atoms in total. The second-order valence-corrected chi connectivity index (χ2v) is 17.6. The Labute approximate surface area is 238 Å². The van der Waals surface area contributed by atoms with Crippen molar-refractivity contribution in [2.24, 2.45) is 5.41 Å². The Bertz CT molecular complexity index is 1210. The Morgan fingerprint density at radius 1 is 0.744 bits per heavy atom. The molecule has 0 saturated carbocycles. The average Bonchev–Trinajstić information content (AvgIpc) is 2.93. The lowest BCUT2D eigenvalue weighted by Gasteiger charge is -2.43. The molecule has 0 bridgehead atoms. The molecule has 0 heterocycles. The van der Waals surface area contributed by atoms with Gasteiger partial charge in [0.15, 0.2) is 0 Å². The monoisotopic (exact) mass is 566 g/mol. The van der Waals surface area contributed by atoms with Crippen LogP contribution in [0.2, 0.25) is 5.04 Å². The fraction of sp³-hybridized carbons (Fsp3) is 0.455. The van der Waals surface area contributed by atoms with E-state index in [1.807, 2.05) is 6.92 Å². The van der Waals surface area contributed by atoms with Gasteiger partial charge in [-0.15, -0.1) is 0 Å². The van der Waals surface area contributed by atoms with Crippen molar-refractivity contribution < 1.29 is 17.0 Å². The van der Waals surface area contributed by atoms with Crippen molar-refractivity contribution in [3.05, 3.63) is 90.5 Å². The van der Waals surface area contributed by atoms with Gasteiger partial charge in [-0.25, -0.2) is 0 Å². The molecule has 3 aromatic rings. The van der Waals surface area contributed by atoms with E-state index in [1.165, 1.54) is 10.4 Å². The maximum absolute atomic E-state index is 12.8. The number of aryl methyl sites for hydroxylation is 1. The van der Waals surface area contributed by atoms with Crippen LogP contribution in [-0.2, 0) is 18.7 Å². The molecule has 0 aliphatic carbocycles. The maximum atomic E-state index is 12.8. The molecule has 212 valence electrons. The van der Waals surface area contributed by atoms with Crippen LogP contribution in [0, 0.1) is 12.3 Å². The van der Waals surface area contributed by atoms with E-state index in [0.717, 1.165) is 37.7 Å². The molecule has 39 heavy (non-hydrogen) atoms. The van der Waals surface area contributed by atoms with Gasteiger partial charge in [-0.1, -0.05) is 119 Å². The lowest BCUT2D eigenvalue weighted by Crippen LogP contribution is -2.66. The molecule has 6 heteroatoms. The zero-order valence-corrected chi connectivity index (χ0v) is 26.4. The lowest BCUT2D eigenvalue weighted by atomic mass is 9.79. The van der Waals surface area contributed by atoms with Crippen molar-refractivity contribution in [1.82, 2.24) is 0 Å². The third-order valence-electron chi connectivity index (χ3n) is 8.17. The maximum Gasteiger partial charge on any atom is 0.296 e. The van der Waals surface area contributed by atoms with Crippen molar-refractivity contribution >= 4 is 28.8 Å². The van der Waals surface area contributed by atoms with Crippen LogP contribution in [0.15, 0.2) is 89.8 Å². The molecular formula is C33H46O4SSi. The van der Waals surface area contributed by atoms with Gasteiger partial charge in [0, 0.05) is 6.61 Å². The van der Waals surface area contributed by atoms with Crippen LogP contribution in [0.5, 0.6) is 0 Å². The summed E-state index contributed by atoms with van der Waals surface area (Å²) in [4.78, 5) is 0.216. The van der Waals surface area contributed by atoms with Crippen LogP contribution in [0.25, 0.3) is 0 Å². The van der Waals surface area contributed by atoms with Gasteiger partial charge in [0.05, 0.1) is 11.5 Å². The Kier molecular flexibility index (Phi) is 10.7. The number of unbranched alkanes of at least 4 members (excludes halogenated alkanes) is 1. The number of hydrogen-bond donors (Lipinski definition) is 0. The fourth-order valence-corrected chi connectivity index (χ4v) is 11.1. The highest BCUT2D eigenvalue weighted by molar-refractivity contribution is 7.86. The summed E-state index contributed by atoms with van der Waals surface area (Å²) < 4.78 is 38.3. The summed E-state index contributed by atoms with van der Waals surface area (Å²) in [6, 6.07) is 28.3. The van der Waals surface area contributed by atoms with E-state index in [4.69, 9.17) is 8.61 Å². The third-order valence-corrected chi connectivity index (χ3v) is 14.5. The summed E-state index contributed by atoms with van der Waals surface area (Å²) in [5.74, 6) is 0. The molecule has 0 saturated heterocycles. The summed E-state index contributed by atoms with van der Waals surface area (Å²) in [7, 11) is -6.33. The van der Waals surface area contributed by atoms with Gasteiger partial charge >= 0.3 is 0 Å². The van der Waals surface area contributed by atoms with Crippen LogP contribution in [-0.4, -0.2) is 29.9 Å². The van der Waals surface area contributed by atoms with E-state index < -0.39 is 18.4 Å². The first-order valence-corrected chi connectivity index (χ1v) is 17.5. The van der Waals surface area contributed by atoms with Crippen LogP contribution in [0.4, 0.5) is 0 Å². The SMILES string of the molecule is CCC(CC)(CCCCO[Si](c1ccccc1)(c1ccccc1)C(C)(C)C)COS(=O)(=O)c1ccc(C)cc1. The minimum atomic E-state index is -3.78. The van der Waals surface area contributed by atoms with E-state index in [2.05, 4.69) is 95.3 Å². The van der Waals surface area contributed by atoms with Crippen LogP contribution >= 0.6 is 0 Å². The number of benzene rings is 3. The van der Waals surface area contributed by atoms with Gasteiger partial charge in [0.25, 0.3) is 18.4 Å². The van der Waals surface area contributed by atoms with Gasteiger partial charge in [0.1, 0.15) is 0 Å². The first-order chi connectivity index (χ1) is 18.5. The van der Waals surface area contributed by atoms with Crippen LogP contribution < -0.4 is 10.4 Å². The molecule has 0 N–H and O–H groups in total. The van der Waals surface area contributed by atoms with Crippen LogP contribution in [0.1, 0.15) is 72.3 Å². The van der Waals surface area contributed by atoms with E-state index >= 15 is 0 Å². The molecule has 0 aliphatic rings. The molecule has 0 unspecified atom stereocenters. The molecule has 3 rings (SSSR count). The zero-order chi connectivity index (χ0) is 28.6. The van der Waals surface area contributed by atoms with Crippen molar-refractivity contribution in [2.75, 3.05) is 13.2 Å². The summed E-state index contributed by atoms with van der Waals surface area (Å²) in [5.41, 5.74) is 0.834. The van der Waals surface area contributed by atoms with E-state index in [1.54, 1.807) is 24.3 Å². The normalized spacial score (nSPS) is 13.0. The van der Waals surface area contributed by atoms with Gasteiger partial charge in [-0.3, -0.25) is 4.18 Å². The Hall–Kier alpha value is -2.25. The molecular weight excluding hydrogens is 521 g/mol. The van der Waals surface area contributed by atoms with Crippen molar-refractivity contribution in [2.45, 2.75) is 83.6 Å². The summed E-state index contributed by atoms with van der Waals surface area (Å²) in [6.45, 7) is 14.0. The number of rotatable bonds is 14. The topological polar surface area (TPSA) is 52.6 Å². The van der Waals surface area contributed by atoms with Gasteiger partial charge in [-0.05, 0) is 65.6 Å². The quantitative estimate of drug-likeness (QED) is 0.117. The number of hydrogen-bond acceptors (Lipinski definition) is 4. The van der Waals surface area contributed by atoms with Gasteiger partial charge < -0.3 is 4.43 Å². The first kappa shape index (κ1) is 31.3. The predicted molar refractivity (Wildman–Crippen MR) is 165 cm³/mol. The van der Waals surface area contributed by atoms with Gasteiger partial charge in [0.2, 0.25) is 0 Å². The zero-order valence-electron chi connectivity index (χ0n) is 24.6. The second-order valence-electron chi connectivity index (χ2n) is 11.7. The highest BCUT2D eigenvalue weighted by atomic mass is 32.2. The average molecular weight is 567 g/mol. The summed E-state index contributed by atoms with van der Waals surface area (Å²) in [6.07, 6.45) is 4.49. The molecule has 0 amide bonds. The molecule has 0 aromatic heterocycles. The second kappa shape index (κ2) is 13.4. The largest absolute Gasteiger partial charge is 0.407 e. The minimum absolute atomic E-state index is 0.0511. The lowest BCUT2D eigenvalue weighted by molar-refractivity contribution is 0.120. The first-order valence-electron chi connectivity index (χ1n) is 14.2. The minimum Gasteiger partial charge on any atom is -0.407 e. The standard InChI is InChI=1S/C33H46O4SSi/c1-7-33(8-2,27-36-38(34,35)29-23-21-28(3)22-24-29)25-15-16-26-37-39(32(4,5)6,30-17-11-9-12-18-30)31-19-13-10-14-20-31/h9-14,17-24H,7-8,15-16,25-27H2,1-6H3. The summed E-state index contributed by atoms with van der Waals surface area (Å²) >= 11 is 0. The molecule has 0 spiro atoms. The van der Waals surface area contributed by atoms with E-state index in [0.29, 0.717) is 6.61 Å². The molecule has 0 fully saturated rings. The van der Waals surface area contributed by atoms with Crippen molar-refractivity contribution in [1.29, 1.82) is 0 Å². The highest BCUT2D eigenvalue weighted by Gasteiger charge is 2.50. The summed E-state index contributed by atoms with van der Waals surface area (Å²) in [5, 5.41) is 2.52. The third kappa shape index (κ3) is 7.49. The highest BCUT2D eigenvalue weighted by Crippen LogP contribution is 2.38. The Balaban J connectivity index is 1.69. The van der Waals surface area contributed by atoms with E-state index in [-0.39, 0.29) is 22.0 Å². The molecule has 0 aliphatic heterocycles. The van der Waals surface area contributed by atoms with E-state index in [9.17, 15) is 8.42 Å². The smallest absolute Gasteiger partial charge is 0.296 e. The fourth-order valence-electron chi connectivity index (χ4n) is 5.44.